The van der Waals surface area contributed by atoms with Crippen LogP contribution in [-0.2, 0) is 6.54 Å². The van der Waals surface area contributed by atoms with Crippen LogP contribution in [0.1, 0.15) is 17.7 Å². The first-order valence-corrected chi connectivity index (χ1v) is 7.96. The van der Waals surface area contributed by atoms with Crippen LogP contribution in [-0.4, -0.2) is 24.7 Å². The molecule has 136 valence electrons. The molecule has 4 rings (SSSR count). The molecule has 0 atom stereocenters. The summed E-state index contributed by atoms with van der Waals surface area (Å²) in [4.78, 5) is 19.1. The number of aromatic nitrogens is 5. The number of nitrogens with one attached hydrogen (secondary N) is 1. The van der Waals surface area contributed by atoms with Gasteiger partial charge < -0.3 is 0 Å². The molecule has 3 aromatic heterocycles. The number of imidazole rings is 1. The van der Waals surface area contributed by atoms with E-state index in [-0.39, 0.29) is 12.2 Å². The quantitative estimate of drug-likeness (QED) is 0.597. The first kappa shape index (κ1) is 17.0. The second kappa shape index (κ2) is 6.67. The van der Waals surface area contributed by atoms with Gasteiger partial charge in [0.2, 0.25) is 0 Å². The van der Waals surface area contributed by atoms with Crippen molar-refractivity contribution in [1.82, 2.24) is 24.7 Å². The van der Waals surface area contributed by atoms with Crippen molar-refractivity contribution in [3.63, 3.8) is 0 Å². The van der Waals surface area contributed by atoms with Crippen LogP contribution in [0.5, 0.6) is 0 Å². The van der Waals surface area contributed by atoms with Crippen LogP contribution in [0.3, 0.4) is 0 Å². The molecule has 1 aromatic carbocycles. The van der Waals surface area contributed by atoms with E-state index in [0.29, 0.717) is 28.0 Å². The summed E-state index contributed by atoms with van der Waals surface area (Å²) >= 11 is 0. The van der Waals surface area contributed by atoms with Gasteiger partial charge in [0.05, 0.1) is 23.3 Å². The highest BCUT2D eigenvalue weighted by molar-refractivity contribution is 5.78. The SMILES string of the molecule is O=c1[nH]c2ncc(-c3ccc(F)c(C(F)F)c3)cc2n1Cc1cccnn1. The number of nitrogens with zero attached hydrogens (tertiary/aromatic N) is 4. The standard InChI is InChI=1S/C18H12F3N5O/c19-14-4-3-10(6-13(14)16(20)21)11-7-15-17(22-8-11)24-18(27)26(15)9-12-2-1-5-23-25-12/h1-8,16H,9H2,(H,22,24,27). The zero-order chi connectivity index (χ0) is 19.0. The van der Waals surface area contributed by atoms with Gasteiger partial charge in [-0.25, -0.2) is 22.9 Å². The molecule has 0 saturated carbocycles. The van der Waals surface area contributed by atoms with Gasteiger partial charge in [0.1, 0.15) is 5.82 Å². The van der Waals surface area contributed by atoms with E-state index in [4.69, 9.17) is 0 Å². The van der Waals surface area contributed by atoms with E-state index in [1.165, 1.54) is 23.0 Å². The molecule has 6 nitrogen and oxygen atoms in total. The minimum Gasteiger partial charge on any atom is -0.290 e. The van der Waals surface area contributed by atoms with E-state index in [0.717, 1.165) is 12.1 Å². The summed E-state index contributed by atoms with van der Waals surface area (Å²) in [7, 11) is 0. The second-order valence-corrected chi connectivity index (χ2v) is 5.86. The van der Waals surface area contributed by atoms with E-state index in [1.807, 2.05) is 0 Å². The Balaban J connectivity index is 1.81. The summed E-state index contributed by atoms with van der Waals surface area (Å²) in [5.74, 6) is -0.969. The molecule has 0 unspecified atom stereocenters. The van der Waals surface area contributed by atoms with Crippen molar-refractivity contribution in [1.29, 1.82) is 0 Å². The molecule has 0 fully saturated rings. The fourth-order valence-electron chi connectivity index (χ4n) is 2.82. The van der Waals surface area contributed by atoms with Gasteiger partial charge in [-0.3, -0.25) is 9.55 Å². The number of rotatable bonds is 4. The van der Waals surface area contributed by atoms with E-state index in [2.05, 4.69) is 20.2 Å². The second-order valence-electron chi connectivity index (χ2n) is 5.86. The van der Waals surface area contributed by atoms with Gasteiger partial charge in [0.15, 0.2) is 5.65 Å². The summed E-state index contributed by atoms with van der Waals surface area (Å²) < 4.78 is 40.9. The summed E-state index contributed by atoms with van der Waals surface area (Å²) in [6.45, 7) is 0.170. The van der Waals surface area contributed by atoms with Crippen LogP contribution in [0, 0.1) is 5.82 Å². The molecule has 9 heteroatoms. The van der Waals surface area contributed by atoms with E-state index < -0.39 is 17.8 Å². The topological polar surface area (TPSA) is 76.5 Å². The third-order valence-electron chi connectivity index (χ3n) is 4.14. The molecule has 0 amide bonds. The lowest BCUT2D eigenvalue weighted by molar-refractivity contribution is 0.146. The van der Waals surface area contributed by atoms with Crippen LogP contribution in [0.15, 0.2) is 53.6 Å². The Morgan fingerprint density at radius 1 is 1.15 bits per heavy atom. The molecular formula is C18H12F3N5O. The monoisotopic (exact) mass is 371 g/mol. The average molecular weight is 371 g/mol. The smallest absolute Gasteiger partial charge is 0.290 e. The highest BCUT2D eigenvalue weighted by atomic mass is 19.3. The van der Waals surface area contributed by atoms with Crippen molar-refractivity contribution >= 4 is 11.2 Å². The lowest BCUT2D eigenvalue weighted by Crippen LogP contribution is -2.18. The number of alkyl halides is 2. The van der Waals surface area contributed by atoms with Crippen molar-refractivity contribution in [2.24, 2.45) is 0 Å². The third kappa shape index (κ3) is 3.19. The Hall–Kier alpha value is -3.49. The Labute approximate surface area is 150 Å². The number of fused-ring (bicyclic) bond motifs is 1. The average Bonchev–Trinajstić information content (AvgIpc) is 2.97. The minimum absolute atomic E-state index is 0.170. The zero-order valence-corrected chi connectivity index (χ0v) is 13.7. The van der Waals surface area contributed by atoms with Gasteiger partial charge >= 0.3 is 5.69 Å². The van der Waals surface area contributed by atoms with Crippen LogP contribution >= 0.6 is 0 Å². The van der Waals surface area contributed by atoms with E-state index in [1.54, 1.807) is 18.2 Å². The van der Waals surface area contributed by atoms with Gasteiger partial charge in [-0.1, -0.05) is 6.07 Å². The molecule has 0 radical (unpaired) electrons. The van der Waals surface area contributed by atoms with Crippen LogP contribution in [0.4, 0.5) is 13.2 Å². The fourth-order valence-corrected chi connectivity index (χ4v) is 2.82. The normalized spacial score (nSPS) is 11.4. The zero-order valence-electron chi connectivity index (χ0n) is 13.7. The molecule has 1 N–H and O–H groups in total. The number of halogens is 3. The molecule has 0 aliphatic rings. The first-order chi connectivity index (χ1) is 13.0. The number of aromatic amines is 1. The van der Waals surface area contributed by atoms with Crippen LogP contribution < -0.4 is 5.69 Å². The van der Waals surface area contributed by atoms with Gasteiger partial charge in [-0.2, -0.15) is 10.2 Å². The first-order valence-electron chi connectivity index (χ1n) is 7.96. The Bertz CT molecular complexity index is 1170. The minimum atomic E-state index is -2.93. The number of benzene rings is 1. The molecule has 0 aliphatic heterocycles. The van der Waals surface area contributed by atoms with Gasteiger partial charge in [0, 0.05) is 18.0 Å². The molecule has 27 heavy (non-hydrogen) atoms. The maximum absolute atomic E-state index is 13.5. The molecule has 0 bridgehead atoms. The highest BCUT2D eigenvalue weighted by Crippen LogP contribution is 2.28. The highest BCUT2D eigenvalue weighted by Gasteiger charge is 2.16. The molecule has 0 saturated heterocycles. The van der Waals surface area contributed by atoms with Crippen LogP contribution in [0.2, 0.25) is 0 Å². The van der Waals surface area contributed by atoms with Gasteiger partial charge in [0.25, 0.3) is 6.43 Å². The number of hydrogen-bond donors (Lipinski definition) is 1. The van der Waals surface area contributed by atoms with Gasteiger partial charge in [-0.15, -0.1) is 0 Å². The lowest BCUT2D eigenvalue weighted by atomic mass is 10.0. The number of pyridine rings is 1. The Kier molecular flexibility index (Phi) is 4.19. The van der Waals surface area contributed by atoms with Crippen molar-refractivity contribution < 1.29 is 13.2 Å². The summed E-state index contributed by atoms with van der Waals surface area (Å²) in [5.41, 5.74) is 1.20. The maximum Gasteiger partial charge on any atom is 0.328 e. The predicted molar refractivity (Wildman–Crippen MR) is 91.8 cm³/mol. The summed E-state index contributed by atoms with van der Waals surface area (Å²) in [5, 5.41) is 7.73. The third-order valence-corrected chi connectivity index (χ3v) is 4.14. The molecular weight excluding hydrogens is 359 g/mol. The van der Waals surface area contributed by atoms with Crippen molar-refractivity contribution in [2.75, 3.05) is 0 Å². The van der Waals surface area contributed by atoms with E-state index >= 15 is 0 Å². The fraction of sp³-hybridized carbons (Fsp3) is 0.111. The predicted octanol–water partition coefficient (Wildman–Crippen LogP) is 3.31. The summed E-state index contributed by atoms with van der Waals surface area (Å²) in [6.07, 6.45) is 0.0349. The molecule has 3 heterocycles. The lowest BCUT2D eigenvalue weighted by Gasteiger charge is -2.07. The van der Waals surface area contributed by atoms with Crippen molar-refractivity contribution in [2.45, 2.75) is 13.0 Å². The van der Waals surface area contributed by atoms with Crippen molar-refractivity contribution in [3.05, 3.63) is 76.4 Å². The summed E-state index contributed by atoms with van der Waals surface area (Å²) in [6, 6.07) is 8.53. The number of hydrogen-bond acceptors (Lipinski definition) is 4. The molecule has 0 spiro atoms. The Morgan fingerprint density at radius 3 is 2.74 bits per heavy atom. The number of H-pyrrole nitrogens is 1. The Morgan fingerprint density at radius 2 is 2.00 bits per heavy atom. The van der Waals surface area contributed by atoms with Gasteiger partial charge in [-0.05, 0) is 35.9 Å². The molecule has 4 aromatic rings. The largest absolute Gasteiger partial charge is 0.328 e. The van der Waals surface area contributed by atoms with E-state index in [9.17, 15) is 18.0 Å². The van der Waals surface area contributed by atoms with Crippen molar-refractivity contribution in [3.8, 4) is 11.1 Å². The van der Waals surface area contributed by atoms with Crippen LogP contribution in [0.25, 0.3) is 22.3 Å². The maximum atomic E-state index is 13.5. The molecule has 0 aliphatic carbocycles.